The number of hydrogen-bond donors (Lipinski definition) is 0. The fraction of sp³-hybridized carbons (Fsp3) is 0.368. The second-order valence-corrected chi connectivity index (χ2v) is 6.59. The van der Waals surface area contributed by atoms with Gasteiger partial charge in [-0.25, -0.2) is 0 Å². The lowest BCUT2D eigenvalue weighted by Crippen LogP contribution is -1.94. The molecule has 0 radical (unpaired) electrons. The molecule has 1 aliphatic rings. The van der Waals surface area contributed by atoms with Crippen molar-refractivity contribution in [2.75, 3.05) is 6.61 Å². The highest BCUT2D eigenvalue weighted by Crippen LogP contribution is 2.35. The number of rotatable bonds is 5. The van der Waals surface area contributed by atoms with Gasteiger partial charge in [0.2, 0.25) is 0 Å². The molecule has 0 N–H and O–H groups in total. The van der Waals surface area contributed by atoms with Crippen LogP contribution in [0.25, 0.3) is 0 Å². The average molecular weight is 345 g/mol. The Hall–Kier alpha value is -1.28. The van der Waals surface area contributed by atoms with Crippen molar-refractivity contribution in [3.8, 4) is 5.75 Å². The van der Waals surface area contributed by atoms with Crippen LogP contribution in [0.3, 0.4) is 0 Å². The minimum atomic E-state index is 0.253. The third-order valence-corrected chi connectivity index (χ3v) is 5.15. The van der Waals surface area contributed by atoms with Gasteiger partial charge in [0.1, 0.15) is 5.75 Å². The Kier molecular flexibility index (Phi) is 4.64. The van der Waals surface area contributed by atoms with Crippen LogP contribution in [0.2, 0.25) is 0 Å². The topological polar surface area (TPSA) is 9.23 Å². The molecular formula is C19H21BrO. The third-order valence-electron chi connectivity index (χ3n) is 4.10. The van der Waals surface area contributed by atoms with Gasteiger partial charge in [0.15, 0.2) is 0 Å². The second-order valence-electron chi connectivity index (χ2n) is 5.67. The van der Waals surface area contributed by atoms with Gasteiger partial charge < -0.3 is 4.74 Å². The Morgan fingerprint density at radius 3 is 2.62 bits per heavy atom. The summed E-state index contributed by atoms with van der Waals surface area (Å²) in [7, 11) is 0. The molecule has 2 aromatic carbocycles. The van der Waals surface area contributed by atoms with E-state index in [0.29, 0.717) is 0 Å². The van der Waals surface area contributed by atoms with E-state index in [1.807, 2.05) is 0 Å². The van der Waals surface area contributed by atoms with Gasteiger partial charge in [0.25, 0.3) is 0 Å². The molecule has 0 saturated heterocycles. The molecule has 0 fully saturated rings. The van der Waals surface area contributed by atoms with Crippen LogP contribution in [0, 0.1) is 0 Å². The van der Waals surface area contributed by atoms with Crippen molar-refractivity contribution in [3.63, 3.8) is 0 Å². The van der Waals surface area contributed by atoms with Crippen LogP contribution in [-0.4, -0.2) is 6.61 Å². The molecule has 1 aliphatic heterocycles. The van der Waals surface area contributed by atoms with Crippen LogP contribution in [-0.2, 0) is 12.8 Å². The molecular weight excluding hydrogens is 324 g/mol. The zero-order chi connectivity index (χ0) is 14.7. The molecule has 2 aromatic rings. The fourth-order valence-corrected chi connectivity index (χ4v) is 3.38. The maximum absolute atomic E-state index is 5.58. The minimum absolute atomic E-state index is 0.253. The van der Waals surface area contributed by atoms with Crippen LogP contribution in [0.4, 0.5) is 0 Å². The van der Waals surface area contributed by atoms with Crippen LogP contribution in [0.15, 0.2) is 42.5 Å². The third kappa shape index (κ3) is 3.32. The first-order chi connectivity index (χ1) is 10.3. The van der Waals surface area contributed by atoms with Gasteiger partial charge in [-0.15, -0.1) is 0 Å². The zero-order valence-corrected chi connectivity index (χ0v) is 14.0. The molecule has 0 saturated carbocycles. The summed E-state index contributed by atoms with van der Waals surface area (Å²) in [4.78, 5) is 0.253. The van der Waals surface area contributed by atoms with Gasteiger partial charge in [-0.3, -0.25) is 0 Å². The highest BCUT2D eigenvalue weighted by atomic mass is 79.9. The SMILES string of the molecule is CCCCc1ccc(C(Br)c2ccc3c(c2)CCO3)cc1. The number of hydrogen-bond acceptors (Lipinski definition) is 1. The standard InChI is InChI=1S/C19H21BrO/c1-2-3-4-14-5-7-15(8-6-14)19(20)17-9-10-18-16(13-17)11-12-21-18/h5-10,13,19H,2-4,11-12H2,1H3. The van der Waals surface area contributed by atoms with E-state index in [9.17, 15) is 0 Å². The van der Waals surface area contributed by atoms with Crippen molar-refractivity contribution in [1.82, 2.24) is 0 Å². The lowest BCUT2D eigenvalue weighted by Gasteiger charge is -2.13. The number of ether oxygens (including phenoxy) is 1. The van der Waals surface area contributed by atoms with Crippen molar-refractivity contribution in [2.45, 2.75) is 37.4 Å². The van der Waals surface area contributed by atoms with Crippen molar-refractivity contribution in [1.29, 1.82) is 0 Å². The molecule has 0 aliphatic carbocycles. The van der Waals surface area contributed by atoms with Crippen molar-refractivity contribution >= 4 is 15.9 Å². The van der Waals surface area contributed by atoms with Gasteiger partial charge in [-0.2, -0.15) is 0 Å². The summed E-state index contributed by atoms with van der Waals surface area (Å²) >= 11 is 3.84. The number of unbranched alkanes of at least 4 members (excludes halogenated alkanes) is 1. The quantitative estimate of drug-likeness (QED) is 0.655. The van der Waals surface area contributed by atoms with Crippen molar-refractivity contribution < 1.29 is 4.74 Å². The van der Waals surface area contributed by atoms with E-state index in [4.69, 9.17) is 4.74 Å². The lowest BCUT2D eigenvalue weighted by atomic mass is 9.99. The highest BCUT2D eigenvalue weighted by molar-refractivity contribution is 9.09. The molecule has 1 atom stereocenters. The fourth-order valence-electron chi connectivity index (χ4n) is 2.79. The first kappa shape index (κ1) is 14.6. The summed E-state index contributed by atoms with van der Waals surface area (Å²) in [5.74, 6) is 1.05. The molecule has 21 heavy (non-hydrogen) atoms. The maximum Gasteiger partial charge on any atom is 0.122 e. The van der Waals surface area contributed by atoms with E-state index in [1.54, 1.807) is 0 Å². The molecule has 2 heteroatoms. The zero-order valence-electron chi connectivity index (χ0n) is 12.4. The predicted molar refractivity (Wildman–Crippen MR) is 91.5 cm³/mol. The van der Waals surface area contributed by atoms with Crippen LogP contribution >= 0.6 is 15.9 Å². The van der Waals surface area contributed by atoms with Gasteiger partial charge in [0.05, 0.1) is 11.4 Å². The summed E-state index contributed by atoms with van der Waals surface area (Å²) in [6, 6.07) is 15.5. The number of aryl methyl sites for hydroxylation is 1. The van der Waals surface area contributed by atoms with E-state index in [1.165, 1.54) is 41.5 Å². The Labute approximate surface area is 135 Å². The van der Waals surface area contributed by atoms with E-state index < -0.39 is 0 Å². The molecule has 1 unspecified atom stereocenters. The van der Waals surface area contributed by atoms with Gasteiger partial charge in [0, 0.05) is 6.42 Å². The maximum atomic E-state index is 5.58. The molecule has 110 valence electrons. The Morgan fingerprint density at radius 1 is 1.10 bits per heavy atom. The van der Waals surface area contributed by atoms with Gasteiger partial charge in [-0.05, 0) is 41.2 Å². The number of fused-ring (bicyclic) bond motifs is 1. The smallest absolute Gasteiger partial charge is 0.122 e. The molecule has 0 aromatic heterocycles. The van der Waals surface area contributed by atoms with Gasteiger partial charge >= 0.3 is 0 Å². The van der Waals surface area contributed by atoms with Crippen LogP contribution < -0.4 is 4.74 Å². The van der Waals surface area contributed by atoms with E-state index in [0.717, 1.165) is 18.8 Å². The molecule has 3 rings (SSSR count). The number of alkyl halides is 1. The average Bonchev–Trinajstić information content (AvgIpc) is 3.00. The van der Waals surface area contributed by atoms with Crippen LogP contribution in [0.5, 0.6) is 5.75 Å². The second kappa shape index (κ2) is 6.65. The summed E-state index contributed by atoms with van der Waals surface area (Å²) in [6.45, 7) is 3.05. The van der Waals surface area contributed by atoms with Crippen LogP contribution in [0.1, 0.15) is 46.8 Å². The minimum Gasteiger partial charge on any atom is -0.493 e. The molecule has 1 heterocycles. The van der Waals surface area contributed by atoms with E-state index in [-0.39, 0.29) is 4.83 Å². The monoisotopic (exact) mass is 344 g/mol. The number of benzene rings is 2. The first-order valence-electron chi connectivity index (χ1n) is 7.76. The Morgan fingerprint density at radius 2 is 1.86 bits per heavy atom. The lowest BCUT2D eigenvalue weighted by molar-refractivity contribution is 0.357. The van der Waals surface area contributed by atoms with E-state index >= 15 is 0 Å². The molecule has 0 bridgehead atoms. The van der Waals surface area contributed by atoms with Gasteiger partial charge in [-0.1, -0.05) is 65.7 Å². The number of halogens is 1. The van der Waals surface area contributed by atoms with E-state index in [2.05, 4.69) is 65.3 Å². The highest BCUT2D eigenvalue weighted by Gasteiger charge is 2.16. The molecule has 0 amide bonds. The molecule has 1 nitrogen and oxygen atoms in total. The summed E-state index contributed by atoms with van der Waals surface area (Å²) < 4.78 is 5.58. The first-order valence-corrected chi connectivity index (χ1v) is 8.68. The largest absolute Gasteiger partial charge is 0.493 e. The normalized spacial score (nSPS) is 14.6. The van der Waals surface area contributed by atoms with Crippen molar-refractivity contribution in [2.24, 2.45) is 0 Å². The molecule has 0 spiro atoms. The summed E-state index contributed by atoms with van der Waals surface area (Å²) in [6.07, 6.45) is 4.72. The van der Waals surface area contributed by atoms with Crippen molar-refractivity contribution in [3.05, 3.63) is 64.7 Å². The Balaban J connectivity index is 1.76. The Bertz CT molecular complexity index is 603. The summed E-state index contributed by atoms with van der Waals surface area (Å²) in [5.41, 5.74) is 5.38. The predicted octanol–water partition coefficient (Wildman–Crippen LogP) is 5.45. The summed E-state index contributed by atoms with van der Waals surface area (Å²) in [5, 5.41) is 0.